The Hall–Kier alpha value is -2.04. The first-order valence-corrected chi connectivity index (χ1v) is 9.16. The van der Waals surface area contributed by atoms with Crippen molar-refractivity contribution in [2.24, 2.45) is 23.7 Å². The van der Waals surface area contributed by atoms with Gasteiger partial charge in [-0.25, -0.2) is 4.79 Å². The highest BCUT2D eigenvalue weighted by Crippen LogP contribution is 2.65. The van der Waals surface area contributed by atoms with Crippen LogP contribution in [-0.2, 0) is 4.79 Å². The fraction of sp³-hybridized carbons (Fsp3) is 0.579. The van der Waals surface area contributed by atoms with Gasteiger partial charge in [-0.2, -0.15) is 0 Å². The smallest absolute Gasteiger partial charge is 0.315 e. The molecule has 4 fully saturated rings. The van der Waals surface area contributed by atoms with Crippen molar-refractivity contribution in [2.75, 3.05) is 11.4 Å². The van der Waals surface area contributed by atoms with E-state index in [1.807, 2.05) is 30.3 Å². The molecule has 4 aliphatic rings. The molecule has 24 heavy (non-hydrogen) atoms. The van der Waals surface area contributed by atoms with Crippen LogP contribution in [0.3, 0.4) is 0 Å². The zero-order chi connectivity index (χ0) is 16.3. The second-order valence-corrected chi connectivity index (χ2v) is 7.80. The second-order valence-electron chi connectivity index (χ2n) is 7.80. The molecule has 5 heteroatoms. The average Bonchev–Trinajstić information content (AvgIpc) is 2.94. The molecule has 3 amide bonds. The maximum Gasteiger partial charge on any atom is 0.315 e. The number of hydrogen-bond acceptors (Lipinski definition) is 2. The van der Waals surface area contributed by atoms with Crippen LogP contribution in [0.2, 0.25) is 0 Å². The topological polar surface area (TPSA) is 61.4 Å². The number of fused-ring (bicyclic) bond motifs is 5. The van der Waals surface area contributed by atoms with Gasteiger partial charge in [-0.15, -0.1) is 0 Å². The number of anilines is 1. The van der Waals surface area contributed by atoms with E-state index in [0.717, 1.165) is 29.4 Å². The highest BCUT2D eigenvalue weighted by molar-refractivity contribution is 6.01. The van der Waals surface area contributed by atoms with Crippen LogP contribution in [0.1, 0.15) is 25.7 Å². The van der Waals surface area contributed by atoms with E-state index in [2.05, 4.69) is 10.6 Å². The van der Waals surface area contributed by atoms with E-state index in [9.17, 15) is 9.59 Å². The Labute approximate surface area is 141 Å². The molecule has 1 heterocycles. The molecule has 2 bridgehead atoms. The van der Waals surface area contributed by atoms with Crippen LogP contribution in [0, 0.1) is 23.7 Å². The van der Waals surface area contributed by atoms with Gasteiger partial charge in [0, 0.05) is 18.3 Å². The summed E-state index contributed by atoms with van der Waals surface area (Å²) in [4.78, 5) is 26.6. The number of carbonyl (C=O) groups excluding carboxylic acids is 2. The van der Waals surface area contributed by atoms with E-state index in [0.29, 0.717) is 19.0 Å². The van der Waals surface area contributed by atoms with Gasteiger partial charge in [-0.3, -0.25) is 4.79 Å². The number of hydrogen-bond donors (Lipinski definition) is 2. The Morgan fingerprint density at radius 2 is 1.71 bits per heavy atom. The van der Waals surface area contributed by atoms with E-state index in [-0.39, 0.29) is 11.9 Å². The fourth-order valence-corrected chi connectivity index (χ4v) is 5.55. The molecule has 1 saturated heterocycles. The minimum atomic E-state index is -0.402. The predicted molar refractivity (Wildman–Crippen MR) is 90.5 cm³/mol. The van der Waals surface area contributed by atoms with Gasteiger partial charge in [0.25, 0.3) is 0 Å². The molecule has 1 aromatic carbocycles. The Balaban J connectivity index is 1.17. The van der Waals surface area contributed by atoms with Gasteiger partial charge in [-0.1, -0.05) is 18.2 Å². The number of para-hydroxylation sites is 1. The number of nitrogens with zero attached hydrogens (tertiary/aromatic N) is 1. The predicted octanol–water partition coefficient (Wildman–Crippen LogP) is 2.14. The summed E-state index contributed by atoms with van der Waals surface area (Å²) in [5, 5.41) is 6.04. The molecule has 5 rings (SSSR count). The van der Waals surface area contributed by atoms with Gasteiger partial charge in [-0.05, 0) is 61.5 Å². The lowest BCUT2D eigenvalue weighted by Crippen LogP contribution is -2.47. The molecular weight excluding hydrogens is 302 g/mol. The summed E-state index contributed by atoms with van der Waals surface area (Å²) in [7, 11) is 0. The molecule has 0 aromatic heterocycles. The Morgan fingerprint density at radius 1 is 1.00 bits per heavy atom. The molecule has 5 unspecified atom stereocenters. The van der Waals surface area contributed by atoms with Crippen molar-refractivity contribution in [3.05, 3.63) is 30.3 Å². The van der Waals surface area contributed by atoms with Crippen LogP contribution in [0.5, 0.6) is 0 Å². The van der Waals surface area contributed by atoms with Gasteiger partial charge in [0.2, 0.25) is 5.91 Å². The van der Waals surface area contributed by atoms with Gasteiger partial charge in [0.1, 0.15) is 6.04 Å². The molecule has 1 aromatic rings. The number of urea groups is 1. The van der Waals surface area contributed by atoms with Crippen LogP contribution < -0.4 is 15.5 Å². The van der Waals surface area contributed by atoms with Crippen LogP contribution in [0.4, 0.5) is 10.5 Å². The number of carbonyl (C=O) groups is 2. The van der Waals surface area contributed by atoms with E-state index < -0.39 is 6.04 Å². The lowest BCUT2D eigenvalue weighted by atomic mass is 10.0. The lowest BCUT2D eigenvalue weighted by Gasteiger charge is -2.18. The first kappa shape index (κ1) is 14.3. The Kier molecular flexibility index (Phi) is 3.12. The zero-order valence-corrected chi connectivity index (χ0v) is 13.7. The number of rotatable bonds is 3. The third kappa shape index (κ3) is 2.14. The first-order chi connectivity index (χ1) is 11.7. The van der Waals surface area contributed by atoms with Crippen molar-refractivity contribution in [3.8, 4) is 0 Å². The number of nitrogens with one attached hydrogen (secondary N) is 2. The Morgan fingerprint density at radius 3 is 2.42 bits per heavy atom. The third-order valence-corrected chi connectivity index (χ3v) is 6.61. The standard InChI is InChI=1S/C19H23N3O2/c23-18-14(8-9-22(18)13-4-2-1-3-5-13)20-19(24)21-17-15-11-6-7-12(10-11)16(15)17/h1-5,11-12,14-17H,6-10H2,(H2,20,21,24). The molecule has 3 saturated carbocycles. The SMILES string of the molecule is O=C(NC1CCN(c2ccccc2)C1=O)NC1C2C3CCC(C3)C12. The highest BCUT2D eigenvalue weighted by atomic mass is 16.2. The summed E-state index contributed by atoms with van der Waals surface area (Å²) >= 11 is 0. The lowest BCUT2D eigenvalue weighted by molar-refractivity contribution is -0.118. The maximum atomic E-state index is 12.5. The molecule has 5 nitrogen and oxygen atoms in total. The monoisotopic (exact) mass is 325 g/mol. The van der Waals surface area contributed by atoms with Gasteiger partial charge < -0.3 is 15.5 Å². The van der Waals surface area contributed by atoms with Gasteiger partial charge in [0.05, 0.1) is 0 Å². The van der Waals surface area contributed by atoms with Crippen LogP contribution in [0.25, 0.3) is 0 Å². The number of benzene rings is 1. The summed E-state index contributed by atoms with van der Waals surface area (Å²) in [5.41, 5.74) is 0.903. The minimum absolute atomic E-state index is 0.00703. The van der Waals surface area contributed by atoms with Crippen molar-refractivity contribution in [2.45, 2.75) is 37.8 Å². The summed E-state index contributed by atoms with van der Waals surface area (Å²) in [6.07, 6.45) is 4.74. The van der Waals surface area contributed by atoms with Gasteiger partial charge in [0.15, 0.2) is 0 Å². The molecule has 126 valence electrons. The largest absolute Gasteiger partial charge is 0.335 e. The molecule has 2 N–H and O–H groups in total. The van der Waals surface area contributed by atoms with E-state index in [1.165, 1.54) is 19.3 Å². The average molecular weight is 325 g/mol. The van der Waals surface area contributed by atoms with Crippen LogP contribution in [-0.4, -0.2) is 30.6 Å². The zero-order valence-electron chi connectivity index (χ0n) is 13.7. The summed E-state index contributed by atoms with van der Waals surface area (Å²) < 4.78 is 0. The highest BCUT2D eigenvalue weighted by Gasteiger charge is 2.65. The summed E-state index contributed by atoms with van der Waals surface area (Å²) in [6, 6.07) is 9.45. The van der Waals surface area contributed by atoms with E-state index in [1.54, 1.807) is 4.90 Å². The van der Waals surface area contributed by atoms with Crippen molar-refractivity contribution < 1.29 is 9.59 Å². The fourth-order valence-electron chi connectivity index (χ4n) is 5.55. The third-order valence-electron chi connectivity index (χ3n) is 6.61. The maximum absolute atomic E-state index is 12.5. The van der Waals surface area contributed by atoms with Crippen LogP contribution in [0.15, 0.2) is 30.3 Å². The van der Waals surface area contributed by atoms with Crippen molar-refractivity contribution in [1.29, 1.82) is 0 Å². The molecule has 0 radical (unpaired) electrons. The van der Waals surface area contributed by atoms with Crippen molar-refractivity contribution in [1.82, 2.24) is 10.6 Å². The van der Waals surface area contributed by atoms with Crippen molar-refractivity contribution in [3.63, 3.8) is 0 Å². The van der Waals surface area contributed by atoms with Crippen molar-refractivity contribution >= 4 is 17.6 Å². The number of amides is 3. The van der Waals surface area contributed by atoms with E-state index in [4.69, 9.17) is 0 Å². The minimum Gasteiger partial charge on any atom is -0.335 e. The molecule has 1 aliphatic heterocycles. The van der Waals surface area contributed by atoms with E-state index >= 15 is 0 Å². The van der Waals surface area contributed by atoms with Gasteiger partial charge >= 0.3 is 6.03 Å². The molecule has 5 atom stereocenters. The van der Waals surface area contributed by atoms with Crippen LogP contribution >= 0.6 is 0 Å². The summed E-state index contributed by atoms with van der Waals surface area (Å²) in [6.45, 7) is 0.659. The molecular formula is C19H23N3O2. The quantitative estimate of drug-likeness (QED) is 0.894. The summed E-state index contributed by atoms with van der Waals surface area (Å²) in [5.74, 6) is 3.11. The first-order valence-electron chi connectivity index (χ1n) is 9.16. The Bertz CT molecular complexity index is 660. The molecule has 0 spiro atoms. The second kappa shape index (κ2) is 5.23. The molecule has 3 aliphatic carbocycles. The normalized spacial score (nSPS) is 39.0.